The summed E-state index contributed by atoms with van der Waals surface area (Å²) in [5.41, 5.74) is 3.95. The van der Waals surface area contributed by atoms with E-state index in [2.05, 4.69) is 28.6 Å². The van der Waals surface area contributed by atoms with Gasteiger partial charge in [0.15, 0.2) is 23.0 Å². The van der Waals surface area contributed by atoms with E-state index in [0.717, 1.165) is 42.0 Å². The quantitative estimate of drug-likeness (QED) is 0.373. The summed E-state index contributed by atoms with van der Waals surface area (Å²) < 4.78 is 9.61. The van der Waals surface area contributed by atoms with Gasteiger partial charge in [0.2, 0.25) is 0 Å². The maximum absolute atomic E-state index is 14.2. The Morgan fingerprint density at radius 3 is 2.54 bits per heavy atom. The molecule has 192 valence electrons. The van der Waals surface area contributed by atoms with Gasteiger partial charge in [0.25, 0.3) is 5.91 Å². The maximum Gasteiger partial charge on any atom is 0.280 e. The molecule has 0 spiro atoms. The number of amides is 1. The fraction of sp³-hybridized carbons (Fsp3) is 0.444. The molecule has 1 saturated heterocycles. The molecule has 0 saturated carbocycles. The fourth-order valence-corrected chi connectivity index (χ4v) is 5.64. The summed E-state index contributed by atoms with van der Waals surface area (Å²) >= 11 is 6.26. The van der Waals surface area contributed by atoms with Gasteiger partial charge in [-0.2, -0.15) is 4.52 Å². The summed E-state index contributed by atoms with van der Waals surface area (Å²) in [6.07, 6.45) is 1.81. The molecule has 6 rings (SSSR count). The van der Waals surface area contributed by atoms with Crippen LogP contribution in [0.3, 0.4) is 0 Å². The lowest BCUT2D eigenvalue weighted by atomic mass is 9.98. The average Bonchev–Trinajstić information content (AvgIpc) is 3.52. The first-order chi connectivity index (χ1) is 17.8. The lowest BCUT2D eigenvalue weighted by Crippen LogP contribution is -2.32. The number of carbonyl (C=O) groups excluding carboxylic acids is 1. The van der Waals surface area contributed by atoms with E-state index in [1.54, 1.807) is 9.42 Å². The van der Waals surface area contributed by atoms with E-state index in [1.807, 2.05) is 44.2 Å². The van der Waals surface area contributed by atoms with Gasteiger partial charge in [-0.1, -0.05) is 37.6 Å². The molecule has 0 radical (unpaired) electrons. The van der Waals surface area contributed by atoms with Crippen LogP contribution in [0.5, 0.6) is 0 Å². The summed E-state index contributed by atoms with van der Waals surface area (Å²) in [4.78, 5) is 21.0. The van der Waals surface area contributed by atoms with E-state index in [1.165, 1.54) is 0 Å². The van der Waals surface area contributed by atoms with Crippen molar-refractivity contribution in [3.63, 3.8) is 0 Å². The standard InChI is InChI=1S/C27H30ClN7O2/c1-15(2)14-33-24-22(29-26(33)19-9-11-37-12-10-19)27(36)34(23(24)18-5-7-20(28)8-6-18)21-13-16(3)25-31-30-17(4)35(25)32-21/h5-8,13,15,19,23H,9-12,14H2,1-4H3/t23-/m1/s1. The van der Waals surface area contributed by atoms with Crippen LogP contribution < -0.4 is 4.90 Å². The van der Waals surface area contributed by atoms with Crippen molar-refractivity contribution in [1.82, 2.24) is 29.4 Å². The van der Waals surface area contributed by atoms with Gasteiger partial charge in [-0.05, 0) is 61.9 Å². The van der Waals surface area contributed by atoms with E-state index in [4.69, 9.17) is 26.4 Å². The van der Waals surface area contributed by atoms with Crippen LogP contribution >= 0.6 is 11.6 Å². The third-order valence-electron chi connectivity index (χ3n) is 7.24. The van der Waals surface area contributed by atoms with E-state index in [-0.39, 0.29) is 17.9 Å². The van der Waals surface area contributed by atoms with Gasteiger partial charge in [-0.15, -0.1) is 15.3 Å². The molecule has 4 aromatic rings. The number of imidazole rings is 1. The Labute approximate surface area is 220 Å². The minimum Gasteiger partial charge on any atom is -0.381 e. The van der Waals surface area contributed by atoms with Crippen LogP contribution in [-0.4, -0.2) is 48.5 Å². The lowest BCUT2D eigenvalue weighted by Gasteiger charge is -2.29. The second kappa shape index (κ2) is 9.22. The smallest absolute Gasteiger partial charge is 0.280 e. The Balaban J connectivity index is 1.56. The summed E-state index contributed by atoms with van der Waals surface area (Å²) in [6.45, 7) is 10.4. The number of benzene rings is 1. The Hall–Kier alpha value is -3.30. The highest BCUT2D eigenvalue weighted by Gasteiger charge is 2.45. The third-order valence-corrected chi connectivity index (χ3v) is 7.49. The third kappa shape index (κ3) is 4.01. The molecule has 2 aliphatic rings. The van der Waals surface area contributed by atoms with Crippen LogP contribution in [0.15, 0.2) is 30.3 Å². The largest absolute Gasteiger partial charge is 0.381 e. The number of fused-ring (bicyclic) bond motifs is 2. The number of aryl methyl sites for hydroxylation is 2. The molecule has 0 N–H and O–H groups in total. The molecule has 0 bridgehead atoms. The molecule has 1 amide bonds. The van der Waals surface area contributed by atoms with Crippen LogP contribution in [0.25, 0.3) is 5.65 Å². The number of hydrogen-bond donors (Lipinski definition) is 0. The minimum atomic E-state index is -0.388. The van der Waals surface area contributed by atoms with Crippen molar-refractivity contribution in [3.8, 4) is 0 Å². The zero-order valence-corrected chi connectivity index (χ0v) is 22.2. The molecule has 37 heavy (non-hydrogen) atoms. The molecule has 1 aromatic carbocycles. The van der Waals surface area contributed by atoms with Crippen molar-refractivity contribution < 1.29 is 9.53 Å². The van der Waals surface area contributed by atoms with Crippen molar-refractivity contribution >= 4 is 29.0 Å². The maximum atomic E-state index is 14.2. The monoisotopic (exact) mass is 519 g/mol. The second-order valence-corrected chi connectivity index (χ2v) is 10.8. The first-order valence-electron chi connectivity index (χ1n) is 12.8. The van der Waals surface area contributed by atoms with Crippen LogP contribution in [-0.2, 0) is 11.3 Å². The molecule has 10 heteroatoms. The molecular weight excluding hydrogens is 490 g/mol. The highest BCUT2D eigenvalue weighted by molar-refractivity contribution is 6.30. The summed E-state index contributed by atoms with van der Waals surface area (Å²) in [6, 6.07) is 9.22. The molecule has 0 aliphatic carbocycles. The zero-order valence-electron chi connectivity index (χ0n) is 21.5. The summed E-state index contributed by atoms with van der Waals surface area (Å²) in [5.74, 6) is 2.69. The molecule has 3 aromatic heterocycles. The van der Waals surface area contributed by atoms with E-state index < -0.39 is 0 Å². The van der Waals surface area contributed by atoms with Crippen molar-refractivity contribution in [3.05, 3.63) is 69.5 Å². The van der Waals surface area contributed by atoms with E-state index in [9.17, 15) is 4.79 Å². The van der Waals surface area contributed by atoms with Gasteiger partial charge in [-0.25, -0.2) is 4.98 Å². The Morgan fingerprint density at radius 1 is 1.11 bits per heavy atom. The molecular formula is C27H30ClN7O2. The van der Waals surface area contributed by atoms with Crippen LogP contribution in [0, 0.1) is 19.8 Å². The number of hydrogen-bond acceptors (Lipinski definition) is 6. The predicted molar refractivity (Wildman–Crippen MR) is 140 cm³/mol. The Bertz CT molecular complexity index is 1480. The molecule has 5 heterocycles. The van der Waals surface area contributed by atoms with E-state index in [0.29, 0.717) is 47.1 Å². The van der Waals surface area contributed by atoms with Crippen LogP contribution in [0.4, 0.5) is 5.82 Å². The van der Waals surface area contributed by atoms with Crippen molar-refractivity contribution in [2.24, 2.45) is 5.92 Å². The van der Waals surface area contributed by atoms with Crippen molar-refractivity contribution in [2.75, 3.05) is 18.1 Å². The number of anilines is 1. The number of aromatic nitrogens is 6. The first kappa shape index (κ1) is 24.1. The van der Waals surface area contributed by atoms with Crippen molar-refractivity contribution in [2.45, 2.75) is 59.0 Å². The molecule has 1 atom stereocenters. The minimum absolute atomic E-state index is 0.150. The van der Waals surface area contributed by atoms with Gasteiger partial charge in [0.05, 0.1) is 5.69 Å². The Morgan fingerprint density at radius 2 is 1.84 bits per heavy atom. The number of rotatable bonds is 5. The van der Waals surface area contributed by atoms with Gasteiger partial charge in [0.1, 0.15) is 11.9 Å². The van der Waals surface area contributed by atoms with Gasteiger partial charge in [-0.3, -0.25) is 9.69 Å². The number of halogens is 1. The molecule has 9 nitrogen and oxygen atoms in total. The van der Waals surface area contributed by atoms with Crippen molar-refractivity contribution in [1.29, 1.82) is 0 Å². The normalized spacial score (nSPS) is 18.4. The van der Waals surface area contributed by atoms with Crippen LogP contribution in [0.2, 0.25) is 5.02 Å². The summed E-state index contributed by atoms with van der Waals surface area (Å²) in [5, 5.41) is 13.9. The summed E-state index contributed by atoms with van der Waals surface area (Å²) in [7, 11) is 0. The molecule has 1 fully saturated rings. The topological polar surface area (TPSA) is 90.4 Å². The lowest BCUT2D eigenvalue weighted by molar-refractivity contribution is 0.0825. The number of ether oxygens (including phenoxy) is 1. The van der Waals surface area contributed by atoms with Gasteiger partial charge >= 0.3 is 0 Å². The second-order valence-electron chi connectivity index (χ2n) is 10.4. The zero-order chi connectivity index (χ0) is 25.8. The average molecular weight is 520 g/mol. The highest BCUT2D eigenvalue weighted by Crippen LogP contribution is 2.44. The highest BCUT2D eigenvalue weighted by atomic mass is 35.5. The number of nitrogens with zero attached hydrogens (tertiary/aromatic N) is 7. The first-order valence-corrected chi connectivity index (χ1v) is 13.2. The number of carbonyl (C=O) groups is 1. The van der Waals surface area contributed by atoms with Gasteiger partial charge in [0, 0.05) is 30.7 Å². The van der Waals surface area contributed by atoms with Gasteiger partial charge < -0.3 is 9.30 Å². The van der Waals surface area contributed by atoms with E-state index >= 15 is 0 Å². The fourth-order valence-electron chi connectivity index (χ4n) is 5.51. The molecule has 2 aliphatic heterocycles. The Kier molecular flexibility index (Phi) is 6.00. The SMILES string of the molecule is Cc1cc(N2C(=O)c3nc(C4CCOCC4)n(CC(C)C)c3[C@H]2c2ccc(Cl)cc2)nn2c(C)nnc12. The predicted octanol–water partition coefficient (Wildman–Crippen LogP) is 4.89. The van der Waals surface area contributed by atoms with Crippen LogP contribution in [0.1, 0.15) is 77.6 Å². The molecule has 0 unspecified atom stereocenters.